The van der Waals surface area contributed by atoms with Gasteiger partial charge in [-0.2, -0.15) is 0 Å². The molecule has 2 heterocycles. The first-order valence-corrected chi connectivity index (χ1v) is 6.54. The zero-order chi connectivity index (χ0) is 12.4. The van der Waals surface area contributed by atoms with Crippen molar-refractivity contribution in [3.8, 4) is 0 Å². The second-order valence-electron chi connectivity index (χ2n) is 5.51. The summed E-state index contributed by atoms with van der Waals surface area (Å²) in [7, 11) is 0. The predicted molar refractivity (Wildman–Crippen MR) is 72.2 cm³/mol. The van der Waals surface area contributed by atoms with E-state index in [1.165, 1.54) is 12.0 Å². The van der Waals surface area contributed by atoms with Crippen LogP contribution in [0.15, 0.2) is 18.3 Å². The Morgan fingerprint density at radius 1 is 1.53 bits per heavy atom. The molecular formula is C14H23N3. The molecule has 0 saturated carbocycles. The number of hydrogen-bond donors (Lipinski definition) is 1. The Morgan fingerprint density at radius 3 is 2.88 bits per heavy atom. The standard InChI is InChI=1S/C14H23N3/c1-10-7-12(3)17(9-10)14-13(8-11(2)15)5-4-6-16-14/h4-6,10-12H,7-9,15H2,1-3H3. The Balaban J connectivity index is 2.25. The molecule has 0 bridgehead atoms. The maximum atomic E-state index is 5.91. The first-order chi connectivity index (χ1) is 8.08. The van der Waals surface area contributed by atoms with Crippen LogP contribution in [0.3, 0.4) is 0 Å². The Kier molecular flexibility index (Phi) is 3.67. The third kappa shape index (κ3) is 2.78. The summed E-state index contributed by atoms with van der Waals surface area (Å²) in [5.41, 5.74) is 7.19. The topological polar surface area (TPSA) is 42.1 Å². The molecule has 3 atom stereocenters. The molecule has 0 radical (unpaired) electrons. The Labute approximate surface area is 104 Å². The molecular weight excluding hydrogens is 210 g/mol. The number of nitrogens with two attached hydrogens (primary N) is 1. The Hall–Kier alpha value is -1.09. The van der Waals surface area contributed by atoms with E-state index < -0.39 is 0 Å². The van der Waals surface area contributed by atoms with Gasteiger partial charge in [-0.1, -0.05) is 13.0 Å². The summed E-state index contributed by atoms with van der Waals surface area (Å²) in [5, 5.41) is 0. The molecule has 3 nitrogen and oxygen atoms in total. The van der Waals surface area contributed by atoms with E-state index in [1.54, 1.807) is 0 Å². The number of hydrogen-bond acceptors (Lipinski definition) is 3. The lowest BCUT2D eigenvalue weighted by atomic mass is 10.1. The molecule has 1 aromatic rings. The largest absolute Gasteiger partial charge is 0.353 e. The molecule has 3 heteroatoms. The quantitative estimate of drug-likeness (QED) is 0.870. The van der Waals surface area contributed by atoms with Crippen LogP contribution in [0.5, 0.6) is 0 Å². The van der Waals surface area contributed by atoms with Crippen LogP contribution in [-0.2, 0) is 6.42 Å². The van der Waals surface area contributed by atoms with Crippen molar-refractivity contribution in [2.24, 2.45) is 11.7 Å². The minimum absolute atomic E-state index is 0.188. The molecule has 1 aliphatic heterocycles. The van der Waals surface area contributed by atoms with E-state index in [1.807, 2.05) is 19.2 Å². The minimum atomic E-state index is 0.188. The summed E-state index contributed by atoms with van der Waals surface area (Å²) in [6.07, 6.45) is 4.05. The first-order valence-electron chi connectivity index (χ1n) is 6.54. The Morgan fingerprint density at radius 2 is 2.29 bits per heavy atom. The molecule has 2 N–H and O–H groups in total. The van der Waals surface area contributed by atoms with E-state index in [9.17, 15) is 0 Å². The van der Waals surface area contributed by atoms with Crippen molar-refractivity contribution in [1.82, 2.24) is 4.98 Å². The summed E-state index contributed by atoms with van der Waals surface area (Å²) in [4.78, 5) is 7.00. The second-order valence-corrected chi connectivity index (χ2v) is 5.51. The number of aromatic nitrogens is 1. The highest BCUT2D eigenvalue weighted by atomic mass is 15.2. The highest BCUT2D eigenvalue weighted by molar-refractivity contribution is 5.49. The SMILES string of the molecule is CC(N)Cc1cccnc1N1CC(C)CC1C. The van der Waals surface area contributed by atoms with Gasteiger partial charge in [-0.05, 0) is 44.2 Å². The zero-order valence-electron chi connectivity index (χ0n) is 11.1. The molecule has 1 saturated heterocycles. The van der Waals surface area contributed by atoms with E-state index >= 15 is 0 Å². The van der Waals surface area contributed by atoms with Crippen molar-refractivity contribution in [2.45, 2.75) is 45.7 Å². The first kappa shape index (κ1) is 12.4. The molecule has 0 amide bonds. The van der Waals surface area contributed by atoms with E-state index in [-0.39, 0.29) is 6.04 Å². The normalized spacial score (nSPS) is 26.2. The number of rotatable bonds is 3. The third-order valence-corrected chi connectivity index (χ3v) is 3.47. The predicted octanol–water partition coefficient (Wildman–Crippen LogP) is 2.21. The van der Waals surface area contributed by atoms with Gasteiger partial charge in [-0.15, -0.1) is 0 Å². The molecule has 0 aromatic carbocycles. The smallest absolute Gasteiger partial charge is 0.132 e. The van der Waals surface area contributed by atoms with Crippen molar-refractivity contribution >= 4 is 5.82 Å². The van der Waals surface area contributed by atoms with Crippen LogP contribution in [0.2, 0.25) is 0 Å². The maximum Gasteiger partial charge on any atom is 0.132 e. The molecule has 17 heavy (non-hydrogen) atoms. The number of nitrogens with zero attached hydrogens (tertiary/aromatic N) is 2. The molecule has 3 unspecified atom stereocenters. The molecule has 0 aliphatic carbocycles. The molecule has 1 aliphatic rings. The van der Waals surface area contributed by atoms with Gasteiger partial charge in [0.05, 0.1) is 0 Å². The average molecular weight is 233 g/mol. The van der Waals surface area contributed by atoms with Crippen molar-refractivity contribution in [3.05, 3.63) is 23.9 Å². The van der Waals surface area contributed by atoms with Crippen LogP contribution in [0.4, 0.5) is 5.82 Å². The molecule has 0 spiro atoms. The zero-order valence-corrected chi connectivity index (χ0v) is 11.1. The summed E-state index contributed by atoms with van der Waals surface area (Å²) in [5.74, 6) is 1.90. The second kappa shape index (κ2) is 5.05. The van der Waals surface area contributed by atoms with Gasteiger partial charge < -0.3 is 10.6 Å². The highest BCUT2D eigenvalue weighted by Crippen LogP contribution is 2.29. The number of pyridine rings is 1. The van der Waals surface area contributed by atoms with Crippen LogP contribution in [0, 0.1) is 5.92 Å². The molecule has 1 aromatic heterocycles. The van der Waals surface area contributed by atoms with Crippen LogP contribution < -0.4 is 10.6 Å². The molecule has 2 rings (SSSR count). The van der Waals surface area contributed by atoms with Crippen molar-refractivity contribution in [3.63, 3.8) is 0 Å². The average Bonchev–Trinajstić information content (AvgIpc) is 2.58. The summed E-state index contributed by atoms with van der Waals surface area (Å²) in [6, 6.07) is 4.94. The van der Waals surface area contributed by atoms with Crippen LogP contribution in [0.25, 0.3) is 0 Å². The fourth-order valence-corrected chi connectivity index (χ4v) is 2.79. The summed E-state index contributed by atoms with van der Waals surface area (Å²) >= 11 is 0. The van der Waals surface area contributed by atoms with E-state index in [0.717, 1.165) is 24.7 Å². The fraction of sp³-hybridized carbons (Fsp3) is 0.643. The van der Waals surface area contributed by atoms with Crippen LogP contribution in [-0.4, -0.2) is 23.6 Å². The van der Waals surface area contributed by atoms with Crippen LogP contribution >= 0.6 is 0 Å². The van der Waals surface area contributed by atoms with Crippen LogP contribution in [0.1, 0.15) is 32.8 Å². The third-order valence-electron chi connectivity index (χ3n) is 3.47. The fourth-order valence-electron chi connectivity index (χ4n) is 2.79. The minimum Gasteiger partial charge on any atom is -0.353 e. The van der Waals surface area contributed by atoms with Gasteiger partial charge in [0.2, 0.25) is 0 Å². The van der Waals surface area contributed by atoms with Gasteiger partial charge in [0.15, 0.2) is 0 Å². The van der Waals surface area contributed by atoms with Gasteiger partial charge in [0.1, 0.15) is 5.82 Å². The maximum absolute atomic E-state index is 5.91. The molecule has 94 valence electrons. The van der Waals surface area contributed by atoms with Gasteiger partial charge in [-0.25, -0.2) is 4.98 Å². The molecule has 1 fully saturated rings. The monoisotopic (exact) mass is 233 g/mol. The van der Waals surface area contributed by atoms with Crippen molar-refractivity contribution in [1.29, 1.82) is 0 Å². The van der Waals surface area contributed by atoms with Crippen molar-refractivity contribution in [2.75, 3.05) is 11.4 Å². The van der Waals surface area contributed by atoms with Crippen molar-refractivity contribution < 1.29 is 0 Å². The number of anilines is 1. The van der Waals surface area contributed by atoms with Gasteiger partial charge in [0, 0.05) is 24.8 Å². The van der Waals surface area contributed by atoms with Gasteiger partial charge in [0.25, 0.3) is 0 Å². The lowest BCUT2D eigenvalue weighted by molar-refractivity contribution is 0.625. The summed E-state index contributed by atoms with van der Waals surface area (Å²) in [6.45, 7) is 7.76. The van der Waals surface area contributed by atoms with Gasteiger partial charge >= 0.3 is 0 Å². The van der Waals surface area contributed by atoms with Gasteiger partial charge in [-0.3, -0.25) is 0 Å². The Bertz CT molecular complexity index is 375. The summed E-state index contributed by atoms with van der Waals surface area (Å²) < 4.78 is 0. The van der Waals surface area contributed by atoms with E-state index in [2.05, 4.69) is 29.8 Å². The van der Waals surface area contributed by atoms with E-state index in [0.29, 0.717) is 6.04 Å². The lowest BCUT2D eigenvalue weighted by Crippen LogP contribution is -2.29. The highest BCUT2D eigenvalue weighted by Gasteiger charge is 2.28. The lowest BCUT2D eigenvalue weighted by Gasteiger charge is -2.25. The van der Waals surface area contributed by atoms with E-state index in [4.69, 9.17) is 5.73 Å².